The monoisotopic (exact) mass is 516 g/mol. The van der Waals surface area contributed by atoms with Crippen LogP contribution in [0.2, 0.25) is 0 Å². The molecule has 0 saturated carbocycles. The lowest BCUT2D eigenvalue weighted by molar-refractivity contribution is 0.590. The summed E-state index contributed by atoms with van der Waals surface area (Å²) < 4.78 is 32.5. The molecule has 178 valence electrons. The average Bonchev–Trinajstić information content (AvgIpc) is 3.38. The minimum Gasteiger partial charge on any atom is -0.308 e. The van der Waals surface area contributed by atoms with Crippen molar-refractivity contribution in [1.82, 2.24) is 9.55 Å². The molecule has 5 aromatic carbocycles. The second-order valence-corrected chi connectivity index (χ2v) is 14.5. The lowest BCUT2D eigenvalue weighted by Crippen LogP contribution is -2.38. The molecule has 1 atom stereocenters. The van der Waals surface area contributed by atoms with Crippen molar-refractivity contribution in [3.05, 3.63) is 133 Å². The first-order valence-electron chi connectivity index (χ1n) is 12.1. The molecule has 6 heteroatoms. The van der Waals surface area contributed by atoms with E-state index in [9.17, 15) is 0 Å². The van der Waals surface area contributed by atoms with E-state index in [0.29, 0.717) is 21.7 Å². The predicted octanol–water partition coefficient (Wildman–Crippen LogP) is 4.62. The Labute approximate surface area is 215 Å². The summed E-state index contributed by atoms with van der Waals surface area (Å²) in [5.41, 5.74) is 2.68. The number of imidazole rings is 1. The fourth-order valence-electron chi connectivity index (χ4n) is 5.41. The van der Waals surface area contributed by atoms with Gasteiger partial charge in [-0.1, -0.05) is 109 Å². The first kappa shape index (κ1) is 22.2. The predicted molar refractivity (Wildman–Crippen MR) is 153 cm³/mol. The molecular formula is C31H22N2O2P2. The molecule has 2 heterocycles. The van der Waals surface area contributed by atoms with Crippen LogP contribution in [-0.4, -0.2) is 9.55 Å². The Morgan fingerprint density at radius 3 is 1.78 bits per heavy atom. The molecule has 0 amide bonds. The lowest BCUT2D eigenvalue weighted by atomic mass is 10.2. The van der Waals surface area contributed by atoms with Gasteiger partial charge in [-0.15, -0.1) is 0 Å². The number of fused-ring (bicyclic) bond motifs is 2. The normalized spacial score (nSPS) is 16.4. The van der Waals surface area contributed by atoms with Crippen molar-refractivity contribution >= 4 is 57.4 Å². The third kappa shape index (κ3) is 3.07. The van der Waals surface area contributed by atoms with E-state index in [1.54, 1.807) is 0 Å². The highest BCUT2D eigenvalue weighted by molar-refractivity contribution is 7.86. The van der Waals surface area contributed by atoms with Gasteiger partial charge < -0.3 is 9.13 Å². The Balaban J connectivity index is 1.65. The maximum Gasteiger partial charge on any atom is 0.205 e. The molecule has 1 aromatic heterocycles. The molecule has 0 spiro atoms. The number of aromatic nitrogens is 2. The average molecular weight is 516 g/mol. The summed E-state index contributed by atoms with van der Waals surface area (Å²) in [6.07, 6.45) is 0. The molecule has 6 aromatic rings. The minimum absolute atomic E-state index is 0.471. The van der Waals surface area contributed by atoms with Crippen LogP contribution >= 0.6 is 14.3 Å². The van der Waals surface area contributed by atoms with E-state index >= 15 is 9.13 Å². The molecule has 0 bridgehead atoms. The van der Waals surface area contributed by atoms with Crippen LogP contribution in [0, 0.1) is 0 Å². The Bertz CT molecular complexity index is 1840. The van der Waals surface area contributed by atoms with Crippen LogP contribution in [0.3, 0.4) is 0 Å². The lowest BCUT2D eigenvalue weighted by Gasteiger charge is -2.30. The molecule has 0 radical (unpaired) electrons. The van der Waals surface area contributed by atoms with Crippen LogP contribution in [0.5, 0.6) is 0 Å². The van der Waals surface area contributed by atoms with Crippen molar-refractivity contribution in [2.24, 2.45) is 0 Å². The molecular weight excluding hydrogens is 494 g/mol. The van der Waals surface area contributed by atoms with Crippen molar-refractivity contribution < 1.29 is 9.13 Å². The van der Waals surface area contributed by atoms with E-state index in [2.05, 4.69) is 0 Å². The Morgan fingerprint density at radius 2 is 1.14 bits per heavy atom. The molecule has 0 N–H and O–H groups in total. The molecule has 0 saturated heterocycles. The second-order valence-electron chi connectivity index (χ2n) is 9.11. The van der Waals surface area contributed by atoms with Gasteiger partial charge in [0.05, 0.1) is 16.7 Å². The van der Waals surface area contributed by atoms with Crippen molar-refractivity contribution in [3.8, 4) is 5.69 Å². The molecule has 1 aliphatic heterocycles. The van der Waals surface area contributed by atoms with Crippen LogP contribution < -0.4 is 32.1 Å². The van der Waals surface area contributed by atoms with E-state index in [1.165, 1.54) is 0 Å². The van der Waals surface area contributed by atoms with Gasteiger partial charge in [-0.25, -0.2) is 4.98 Å². The van der Waals surface area contributed by atoms with Crippen LogP contribution in [0.25, 0.3) is 16.7 Å². The summed E-state index contributed by atoms with van der Waals surface area (Å²) in [5, 5.41) is 3.65. The summed E-state index contributed by atoms with van der Waals surface area (Å²) in [6.45, 7) is 0. The zero-order valence-corrected chi connectivity index (χ0v) is 21.6. The molecule has 4 nitrogen and oxygen atoms in total. The van der Waals surface area contributed by atoms with Gasteiger partial charge in [0.15, 0.2) is 12.7 Å². The van der Waals surface area contributed by atoms with Gasteiger partial charge in [-0.05, 0) is 24.3 Å². The summed E-state index contributed by atoms with van der Waals surface area (Å²) in [6, 6.07) is 42.3. The van der Waals surface area contributed by atoms with Crippen LogP contribution in [0.15, 0.2) is 133 Å². The highest BCUT2D eigenvalue weighted by atomic mass is 31.2. The molecule has 37 heavy (non-hydrogen) atoms. The Kier molecular flexibility index (Phi) is 4.98. The molecule has 0 fully saturated rings. The fraction of sp³-hybridized carbons (Fsp3) is 0. The van der Waals surface area contributed by atoms with Crippen molar-refractivity contribution in [3.63, 3.8) is 0 Å². The number of rotatable bonds is 4. The minimum atomic E-state index is -3.40. The summed E-state index contributed by atoms with van der Waals surface area (Å²) in [5.74, 6) is 0. The SMILES string of the molecule is O=P1(c2ccccc2)c2ccccc2-n2c(P(=O)(c3ccccc3)c3ccccc3)nc3cccc1c32. The smallest absolute Gasteiger partial charge is 0.205 e. The Hall–Kier alpha value is -3.97. The van der Waals surface area contributed by atoms with Gasteiger partial charge in [0.2, 0.25) is 7.14 Å². The van der Waals surface area contributed by atoms with Crippen LogP contribution in [-0.2, 0) is 9.13 Å². The largest absolute Gasteiger partial charge is 0.308 e. The van der Waals surface area contributed by atoms with E-state index in [1.807, 2.05) is 138 Å². The van der Waals surface area contributed by atoms with E-state index in [0.717, 1.165) is 27.1 Å². The third-order valence-corrected chi connectivity index (χ3v) is 13.1. The summed E-state index contributed by atoms with van der Waals surface area (Å²) >= 11 is 0. The van der Waals surface area contributed by atoms with Crippen LogP contribution in [0.4, 0.5) is 0 Å². The van der Waals surface area contributed by atoms with Crippen LogP contribution in [0.1, 0.15) is 0 Å². The van der Waals surface area contributed by atoms with E-state index < -0.39 is 14.3 Å². The first-order chi connectivity index (χ1) is 18.1. The maximum absolute atomic E-state index is 15.4. The van der Waals surface area contributed by atoms with Crippen molar-refractivity contribution in [2.45, 2.75) is 0 Å². The number of hydrogen-bond acceptors (Lipinski definition) is 3. The highest BCUT2D eigenvalue weighted by Gasteiger charge is 2.43. The zero-order valence-electron chi connectivity index (χ0n) is 19.8. The number of benzene rings is 5. The van der Waals surface area contributed by atoms with Gasteiger partial charge in [0.1, 0.15) is 0 Å². The van der Waals surface area contributed by atoms with E-state index in [-0.39, 0.29) is 0 Å². The van der Waals surface area contributed by atoms with Crippen molar-refractivity contribution in [1.29, 1.82) is 0 Å². The number of hydrogen-bond donors (Lipinski definition) is 0. The second kappa shape index (κ2) is 8.28. The van der Waals surface area contributed by atoms with Gasteiger partial charge in [-0.3, -0.25) is 4.57 Å². The standard InChI is InChI=1S/C31H22N2O2P2/c34-36(23-13-4-1-5-14-23,24-15-6-2-7-16-24)31-32-26-19-12-22-29-30(26)33(31)27-20-10-11-21-28(27)37(29,35)25-17-8-3-9-18-25/h1-22H. The van der Waals surface area contributed by atoms with Gasteiger partial charge >= 0.3 is 0 Å². The molecule has 0 aliphatic carbocycles. The summed E-state index contributed by atoms with van der Waals surface area (Å²) in [7, 11) is -6.59. The molecule has 1 aliphatic rings. The molecule has 7 rings (SSSR count). The topological polar surface area (TPSA) is 52.0 Å². The maximum atomic E-state index is 15.4. The van der Waals surface area contributed by atoms with Crippen molar-refractivity contribution in [2.75, 3.05) is 0 Å². The quantitative estimate of drug-likeness (QED) is 0.321. The zero-order chi connectivity index (χ0) is 25.0. The highest BCUT2D eigenvalue weighted by Crippen LogP contribution is 2.51. The van der Waals surface area contributed by atoms with Gasteiger partial charge in [0, 0.05) is 26.5 Å². The fourth-order valence-corrected chi connectivity index (χ4v) is 11.1. The van der Waals surface area contributed by atoms with E-state index in [4.69, 9.17) is 4.98 Å². The third-order valence-electron chi connectivity index (χ3n) is 7.08. The summed E-state index contributed by atoms with van der Waals surface area (Å²) in [4.78, 5) is 5.05. The molecule has 1 unspecified atom stereocenters. The number of para-hydroxylation sites is 2. The number of nitrogens with zero attached hydrogens (tertiary/aromatic N) is 2. The Morgan fingerprint density at radius 1 is 0.595 bits per heavy atom. The first-order valence-corrected chi connectivity index (χ1v) is 15.5. The van der Waals surface area contributed by atoms with Gasteiger partial charge in [-0.2, -0.15) is 0 Å². The van der Waals surface area contributed by atoms with Gasteiger partial charge in [0.25, 0.3) is 0 Å².